The second kappa shape index (κ2) is 9.07. The second-order valence-electron chi connectivity index (χ2n) is 7.13. The third-order valence-corrected chi connectivity index (χ3v) is 5.66. The zero-order valence-corrected chi connectivity index (χ0v) is 18.8. The van der Waals surface area contributed by atoms with Gasteiger partial charge in [-0.15, -0.1) is 0 Å². The molecule has 0 unspecified atom stereocenters. The summed E-state index contributed by atoms with van der Waals surface area (Å²) < 4.78 is 16.6. The van der Waals surface area contributed by atoms with Crippen molar-refractivity contribution in [3.63, 3.8) is 0 Å². The van der Waals surface area contributed by atoms with Crippen molar-refractivity contribution in [3.05, 3.63) is 92.7 Å². The first kappa shape index (κ1) is 21.9. The van der Waals surface area contributed by atoms with Gasteiger partial charge in [0.1, 0.15) is 17.2 Å². The van der Waals surface area contributed by atoms with E-state index in [0.717, 1.165) is 0 Å². The summed E-state index contributed by atoms with van der Waals surface area (Å²) in [6.45, 7) is 1.63. The SMILES string of the molecule is COc1ccc(C(=O)COc2cc(C)c3c(c2)O/C(=C\c2c(Cl)cccc2Cl)C3=O)cc1. The molecule has 0 atom stereocenters. The van der Waals surface area contributed by atoms with Gasteiger partial charge < -0.3 is 14.2 Å². The lowest BCUT2D eigenvalue weighted by molar-refractivity contribution is 0.0920. The maximum Gasteiger partial charge on any atom is 0.232 e. The molecule has 0 aliphatic carbocycles. The Hall–Kier alpha value is -3.28. The van der Waals surface area contributed by atoms with Gasteiger partial charge in [0.05, 0.1) is 12.7 Å². The molecule has 7 heteroatoms. The Balaban J connectivity index is 1.53. The number of fused-ring (bicyclic) bond motifs is 1. The zero-order chi connectivity index (χ0) is 22.8. The van der Waals surface area contributed by atoms with Gasteiger partial charge in [-0.3, -0.25) is 9.59 Å². The molecule has 1 aliphatic heterocycles. The van der Waals surface area contributed by atoms with E-state index in [1.54, 1.807) is 68.6 Å². The molecule has 1 heterocycles. The van der Waals surface area contributed by atoms with Crippen LogP contribution >= 0.6 is 23.2 Å². The minimum atomic E-state index is -0.269. The predicted octanol–water partition coefficient (Wildman–Crippen LogP) is 6.19. The molecular formula is C25H18Cl2O5. The lowest BCUT2D eigenvalue weighted by atomic mass is 10.0. The molecule has 0 bridgehead atoms. The van der Waals surface area contributed by atoms with Crippen molar-refractivity contribution in [1.82, 2.24) is 0 Å². The van der Waals surface area contributed by atoms with E-state index in [9.17, 15) is 9.59 Å². The number of Topliss-reactive ketones (excluding diaryl/α,β-unsaturated/α-hetero) is 2. The number of halogens is 2. The number of carbonyl (C=O) groups excluding carboxylic acids is 2. The summed E-state index contributed by atoms with van der Waals surface area (Å²) in [5.41, 5.74) is 2.13. The number of methoxy groups -OCH3 is 1. The van der Waals surface area contributed by atoms with Crippen LogP contribution in [0.4, 0.5) is 0 Å². The molecule has 3 aromatic carbocycles. The number of hydrogen-bond donors (Lipinski definition) is 0. The summed E-state index contributed by atoms with van der Waals surface area (Å²) in [4.78, 5) is 25.3. The molecule has 3 aromatic rings. The fourth-order valence-corrected chi connectivity index (χ4v) is 3.86. The van der Waals surface area contributed by atoms with Crippen LogP contribution in [0.1, 0.15) is 31.8 Å². The van der Waals surface area contributed by atoms with Crippen LogP contribution < -0.4 is 14.2 Å². The quantitative estimate of drug-likeness (QED) is 0.318. The standard InChI is InChI=1S/C25H18Cl2O5/c1-14-10-17(31-13-21(28)15-6-8-16(30-2)9-7-15)11-22-24(14)25(29)23(32-22)12-18-19(26)4-3-5-20(18)27/h3-12H,13H2,1-2H3/b23-12-. The van der Waals surface area contributed by atoms with Crippen LogP contribution in [0.2, 0.25) is 10.0 Å². The molecule has 0 radical (unpaired) electrons. The molecule has 1 aliphatic rings. The van der Waals surface area contributed by atoms with Crippen molar-refractivity contribution in [1.29, 1.82) is 0 Å². The molecule has 0 aromatic heterocycles. The smallest absolute Gasteiger partial charge is 0.232 e. The molecule has 162 valence electrons. The van der Waals surface area contributed by atoms with E-state index < -0.39 is 0 Å². The first-order valence-corrected chi connectivity index (χ1v) is 10.5. The Labute approximate surface area is 195 Å². The van der Waals surface area contributed by atoms with Crippen molar-refractivity contribution in [3.8, 4) is 17.2 Å². The molecular weight excluding hydrogens is 451 g/mol. The van der Waals surface area contributed by atoms with Crippen LogP contribution in [0, 0.1) is 6.92 Å². The first-order chi connectivity index (χ1) is 15.4. The van der Waals surface area contributed by atoms with Gasteiger partial charge in [-0.1, -0.05) is 29.3 Å². The number of hydrogen-bond acceptors (Lipinski definition) is 5. The van der Waals surface area contributed by atoms with Crippen LogP contribution in [0.25, 0.3) is 6.08 Å². The fourth-order valence-electron chi connectivity index (χ4n) is 3.35. The number of ether oxygens (including phenoxy) is 3. The Morgan fingerprint density at radius 3 is 2.38 bits per heavy atom. The fraction of sp³-hybridized carbons (Fsp3) is 0.120. The van der Waals surface area contributed by atoms with Crippen molar-refractivity contribution >= 4 is 40.8 Å². The molecule has 0 fully saturated rings. The van der Waals surface area contributed by atoms with Gasteiger partial charge in [-0.25, -0.2) is 0 Å². The summed E-state index contributed by atoms with van der Waals surface area (Å²) in [7, 11) is 1.56. The highest BCUT2D eigenvalue weighted by Gasteiger charge is 2.30. The Morgan fingerprint density at radius 2 is 1.72 bits per heavy atom. The van der Waals surface area contributed by atoms with Crippen LogP contribution in [0.3, 0.4) is 0 Å². The summed E-state index contributed by atoms with van der Waals surface area (Å²) in [6, 6.07) is 15.2. The number of allylic oxidation sites excluding steroid dienone is 1. The van der Waals surface area contributed by atoms with E-state index in [4.69, 9.17) is 37.4 Å². The van der Waals surface area contributed by atoms with E-state index in [0.29, 0.717) is 49.5 Å². The Morgan fingerprint density at radius 1 is 1.03 bits per heavy atom. The van der Waals surface area contributed by atoms with Crippen molar-refractivity contribution in [2.45, 2.75) is 6.92 Å². The topological polar surface area (TPSA) is 61.8 Å². The molecule has 32 heavy (non-hydrogen) atoms. The third kappa shape index (κ3) is 4.35. The summed E-state index contributed by atoms with van der Waals surface area (Å²) in [5.74, 6) is 1.11. The van der Waals surface area contributed by atoms with Gasteiger partial charge >= 0.3 is 0 Å². The van der Waals surface area contributed by atoms with E-state index in [2.05, 4.69) is 0 Å². The van der Waals surface area contributed by atoms with E-state index in [1.165, 1.54) is 6.08 Å². The summed E-state index contributed by atoms with van der Waals surface area (Å²) >= 11 is 12.4. The Kier molecular flexibility index (Phi) is 6.21. The van der Waals surface area contributed by atoms with Crippen LogP contribution in [0.5, 0.6) is 17.2 Å². The molecule has 5 nitrogen and oxygen atoms in total. The van der Waals surface area contributed by atoms with Crippen LogP contribution in [-0.4, -0.2) is 25.3 Å². The van der Waals surface area contributed by atoms with Gasteiger partial charge in [0, 0.05) is 27.2 Å². The van der Waals surface area contributed by atoms with Gasteiger partial charge in [0.25, 0.3) is 0 Å². The number of benzene rings is 3. The van der Waals surface area contributed by atoms with E-state index in [-0.39, 0.29) is 23.9 Å². The largest absolute Gasteiger partial charge is 0.497 e. The van der Waals surface area contributed by atoms with Crippen LogP contribution in [-0.2, 0) is 0 Å². The lowest BCUT2D eigenvalue weighted by Crippen LogP contribution is -2.11. The molecule has 0 spiro atoms. The maximum absolute atomic E-state index is 12.9. The highest BCUT2D eigenvalue weighted by atomic mass is 35.5. The number of carbonyl (C=O) groups is 2. The van der Waals surface area contributed by atoms with Crippen molar-refractivity contribution in [2.24, 2.45) is 0 Å². The maximum atomic E-state index is 12.9. The lowest BCUT2D eigenvalue weighted by Gasteiger charge is -2.09. The summed E-state index contributed by atoms with van der Waals surface area (Å²) in [5, 5.41) is 0.824. The highest BCUT2D eigenvalue weighted by molar-refractivity contribution is 6.37. The molecule has 4 rings (SSSR count). The molecule has 0 saturated carbocycles. The van der Waals surface area contributed by atoms with Gasteiger partial charge in [0.15, 0.2) is 18.1 Å². The van der Waals surface area contributed by atoms with Crippen LogP contribution in [0.15, 0.2) is 60.4 Å². The average molecular weight is 469 g/mol. The number of aryl methyl sites for hydroxylation is 1. The zero-order valence-electron chi connectivity index (χ0n) is 17.3. The Bertz CT molecular complexity index is 1230. The molecule has 0 amide bonds. The predicted molar refractivity (Wildman–Crippen MR) is 123 cm³/mol. The highest BCUT2D eigenvalue weighted by Crippen LogP contribution is 2.38. The van der Waals surface area contributed by atoms with Gasteiger partial charge in [-0.05, 0) is 61.0 Å². The number of rotatable bonds is 6. The molecule has 0 saturated heterocycles. The number of ketones is 2. The normalized spacial score (nSPS) is 13.6. The third-order valence-electron chi connectivity index (χ3n) is 5.00. The summed E-state index contributed by atoms with van der Waals surface area (Å²) in [6.07, 6.45) is 1.53. The second-order valence-corrected chi connectivity index (χ2v) is 7.94. The van der Waals surface area contributed by atoms with Crippen molar-refractivity contribution < 1.29 is 23.8 Å². The van der Waals surface area contributed by atoms with Gasteiger partial charge in [0.2, 0.25) is 5.78 Å². The molecule has 0 N–H and O–H groups in total. The minimum absolute atomic E-state index is 0.115. The van der Waals surface area contributed by atoms with E-state index >= 15 is 0 Å². The van der Waals surface area contributed by atoms with Gasteiger partial charge in [-0.2, -0.15) is 0 Å². The van der Waals surface area contributed by atoms with E-state index in [1.807, 2.05) is 0 Å². The van der Waals surface area contributed by atoms with Crippen molar-refractivity contribution in [2.75, 3.05) is 13.7 Å². The first-order valence-electron chi connectivity index (χ1n) is 9.70. The monoisotopic (exact) mass is 468 g/mol. The minimum Gasteiger partial charge on any atom is -0.497 e. The average Bonchev–Trinajstić information content (AvgIpc) is 3.10.